The number of nitrogens with zero attached hydrogens (tertiary/aromatic N) is 2. The van der Waals surface area contributed by atoms with Crippen molar-refractivity contribution in [3.8, 4) is 5.75 Å². The second kappa shape index (κ2) is 4.29. The van der Waals surface area contributed by atoms with Crippen LogP contribution in [-0.2, 0) is 6.73 Å². The SMILES string of the molecule is c1ccc(OCn2cnc3ccccc32)cc1. The molecule has 1 aromatic heterocycles. The third-order valence-corrected chi connectivity index (χ3v) is 2.64. The molecule has 3 heteroatoms. The number of imidazole rings is 1. The van der Waals surface area contributed by atoms with E-state index in [1.165, 1.54) is 0 Å². The summed E-state index contributed by atoms with van der Waals surface area (Å²) in [6, 6.07) is 17.8. The Morgan fingerprint density at radius 3 is 2.59 bits per heavy atom. The topological polar surface area (TPSA) is 27.1 Å². The molecular weight excluding hydrogens is 212 g/mol. The van der Waals surface area contributed by atoms with E-state index in [1.807, 2.05) is 59.2 Å². The van der Waals surface area contributed by atoms with Crippen molar-refractivity contribution in [1.29, 1.82) is 0 Å². The van der Waals surface area contributed by atoms with Gasteiger partial charge in [-0.05, 0) is 24.3 Å². The molecule has 0 fully saturated rings. The van der Waals surface area contributed by atoms with Crippen molar-refractivity contribution in [2.75, 3.05) is 0 Å². The zero-order valence-corrected chi connectivity index (χ0v) is 9.28. The number of hydrogen-bond donors (Lipinski definition) is 0. The number of para-hydroxylation sites is 3. The minimum Gasteiger partial charge on any atom is -0.473 e. The standard InChI is InChI=1S/C14H12N2O/c1-2-6-12(7-3-1)17-11-16-10-15-13-8-4-5-9-14(13)16/h1-10H,11H2. The molecule has 0 aliphatic carbocycles. The Labute approximate surface area is 99.3 Å². The third-order valence-electron chi connectivity index (χ3n) is 2.64. The Morgan fingerprint density at radius 2 is 1.71 bits per heavy atom. The molecule has 1 heterocycles. The van der Waals surface area contributed by atoms with Crippen LogP contribution in [-0.4, -0.2) is 9.55 Å². The average Bonchev–Trinajstić information content (AvgIpc) is 2.81. The van der Waals surface area contributed by atoms with Crippen molar-refractivity contribution >= 4 is 11.0 Å². The van der Waals surface area contributed by atoms with E-state index in [9.17, 15) is 0 Å². The van der Waals surface area contributed by atoms with Gasteiger partial charge in [-0.2, -0.15) is 0 Å². The van der Waals surface area contributed by atoms with Crippen LogP contribution in [0.25, 0.3) is 11.0 Å². The van der Waals surface area contributed by atoms with E-state index < -0.39 is 0 Å². The highest BCUT2D eigenvalue weighted by atomic mass is 16.5. The molecule has 84 valence electrons. The molecule has 2 aromatic carbocycles. The largest absolute Gasteiger partial charge is 0.473 e. The fraction of sp³-hybridized carbons (Fsp3) is 0.0714. The first-order valence-corrected chi connectivity index (χ1v) is 5.51. The van der Waals surface area contributed by atoms with Gasteiger partial charge in [0.1, 0.15) is 5.75 Å². The summed E-state index contributed by atoms with van der Waals surface area (Å²) in [6.07, 6.45) is 1.80. The molecular formula is C14H12N2O. The van der Waals surface area contributed by atoms with Gasteiger partial charge in [0.25, 0.3) is 0 Å². The molecule has 0 bridgehead atoms. The summed E-state index contributed by atoms with van der Waals surface area (Å²) in [5, 5.41) is 0. The molecule has 0 aliphatic rings. The molecule has 3 rings (SSSR count). The number of rotatable bonds is 3. The smallest absolute Gasteiger partial charge is 0.166 e. The highest BCUT2D eigenvalue weighted by Gasteiger charge is 2.01. The molecule has 0 unspecified atom stereocenters. The van der Waals surface area contributed by atoms with Crippen molar-refractivity contribution in [2.45, 2.75) is 6.73 Å². The van der Waals surface area contributed by atoms with Crippen LogP contribution in [0.2, 0.25) is 0 Å². The van der Waals surface area contributed by atoms with Gasteiger partial charge in [-0.1, -0.05) is 30.3 Å². The normalized spacial score (nSPS) is 10.6. The lowest BCUT2D eigenvalue weighted by Crippen LogP contribution is -2.03. The molecule has 0 N–H and O–H groups in total. The Kier molecular flexibility index (Phi) is 2.50. The predicted octanol–water partition coefficient (Wildman–Crippen LogP) is 3.07. The Bertz CT molecular complexity index is 616. The van der Waals surface area contributed by atoms with Gasteiger partial charge in [-0.25, -0.2) is 4.98 Å². The van der Waals surface area contributed by atoms with E-state index in [-0.39, 0.29) is 0 Å². The molecule has 0 amide bonds. The zero-order valence-electron chi connectivity index (χ0n) is 9.28. The van der Waals surface area contributed by atoms with Crippen molar-refractivity contribution in [3.63, 3.8) is 0 Å². The van der Waals surface area contributed by atoms with Crippen molar-refractivity contribution in [2.24, 2.45) is 0 Å². The fourth-order valence-corrected chi connectivity index (χ4v) is 1.77. The molecule has 0 saturated heterocycles. The maximum atomic E-state index is 5.68. The van der Waals surface area contributed by atoms with Crippen LogP contribution in [0.15, 0.2) is 60.9 Å². The average molecular weight is 224 g/mol. The minimum atomic E-state index is 0.477. The van der Waals surface area contributed by atoms with Crippen molar-refractivity contribution < 1.29 is 4.74 Å². The zero-order chi connectivity index (χ0) is 11.5. The Hall–Kier alpha value is -2.29. The van der Waals surface area contributed by atoms with Crippen LogP contribution in [0.1, 0.15) is 0 Å². The van der Waals surface area contributed by atoms with Gasteiger partial charge in [0.05, 0.1) is 17.4 Å². The van der Waals surface area contributed by atoms with Crippen molar-refractivity contribution in [3.05, 3.63) is 60.9 Å². The fourth-order valence-electron chi connectivity index (χ4n) is 1.77. The first-order valence-electron chi connectivity index (χ1n) is 5.51. The van der Waals surface area contributed by atoms with Crippen LogP contribution in [0, 0.1) is 0 Å². The van der Waals surface area contributed by atoms with Crippen LogP contribution in [0.3, 0.4) is 0 Å². The quantitative estimate of drug-likeness (QED) is 0.683. The Balaban J connectivity index is 1.82. The van der Waals surface area contributed by atoms with Crippen LogP contribution in [0.4, 0.5) is 0 Å². The first-order chi connectivity index (χ1) is 8.43. The lowest BCUT2D eigenvalue weighted by atomic mass is 10.3. The summed E-state index contributed by atoms with van der Waals surface area (Å²) in [4.78, 5) is 4.31. The van der Waals surface area contributed by atoms with E-state index in [4.69, 9.17) is 4.74 Å². The lowest BCUT2D eigenvalue weighted by Gasteiger charge is -2.07. The molecule has 3 nitrogen and oxygen atoms in total. The number of fused-ring (bicyclic) bond motifs is 1. The van der Waals surface area contributed by atoms with Gasteiger partial charge >= 0.3 is 0 Å². The lowest BCUT2D eigenvalue weighted by molar-refractivity contribution is 0.241. The molecule has 3 aromatic rings. The summed E-state index contributed by atoms with van der Waals surface area (Å²) < 4.78 is 7.67. The second-order valence-electron chi connectivity index (χ2n) is 3.79. The molecule has 0 radical (unpaired) electrons. The van der Waals surface area contributed by atoms with E-state index in [0.717, 1.165) is 16.8 Å². The maximum Gasteiger partial charge on any atom is 0.166 e. The maximum absolute atomic E-state index is 5.68. The highest BCUT2D eigenvalue weighted by Crippen LogP contribution is 2.14. The van der Waals surface area contributed by atoms with E-state index in [0.29, 0.717) is 6.73 Å². The minimum absolute atomic E-state index is 0.477. The van der Waals surface area contributed by atoms with Crippen LogP contribution in [0.5, 0.6) is 5.75 Å². The van der Waals surface area contributed by atoms with Gasteiger partial charge in [-0.3, -0.25) is 4.57 Å². The molecule has 0 spiro atoms. The van der Waals surface area contributed by atoms with Crippen molar-refractivity contribution in [1.82, 2.24) is 9.55 Å². The van der Waals surface area contributed by atoms with E-state index in [2.05, 4.69) is 4.98 Å². The Morgan fingerprint density at radius 1 is 0.941 bits per heavy atom. The first kappa shape index (κ1) is 9.90. The molecule has 0 aliphatic heterocycles. The van der Waals surface area contributed by atoms with Crippen LogP contribution < -0.4 is 4.74 Å². The summed E-state index contributed by atoms with van der Waals surface area (Å²) in [6.45, 7) is 0.477. The second-order valence-corrected chi connectivity index (χ2v) is 3.79. The number of benzene rings is 2. The number of ether oxygens (including phenoxy) is 1. The van der Waals surface area contributed by atoms with Gasteiger partial charge in [0.2, 0.25) is 0 Å². The van der Waals surface area contributed by atoms with Gasteiger partial charge in [0.15, 0.2) is 6.73 Å². The highest BCUT2D eigenvalue weighted by molar-refractivity contribution is 5.74. The summed E-state index contributed by atoms with van der Waals surface area (Å²) in [5.41, 5.74) is 2.08. The molecule has 0 atom stereocenters. The summed E-state index contributed by atoms with van der Waals surface area (Å²) >= 11 is 0. The predicted molar refractivity (Wildman–Crippen MR) is 66.8 cm³/mol. The van der Waals surface area contributed by atoms with Gasteiger partial charge < -0.3 is 4.74 Å². The van der Waals surface area contributed by atoms with Crippen LogP contribution >= 0.6 is 0 Å². The van der Waals surface area contributed by atoms with E-state index >= 15 is 0 Å². The number of hydrogen-bond acceptors (Lipinski definition) is 2. The number of aromatic nitrogens is 2. The third kappa shape index (κ3) is 1.99. The summed E-state index contributed by atoms with van der Waals surface area (Å²) in [5.74, 6) is 0.866. The molecule has 0 saturated carbocycles. The van der Waals surface area contributed by atoms with E-state index in [1.54, 1.807) is 6.33 Å². The monoisotopic (exact) mass is 224 g/mol. The summed E-state index contributed by atoms with van der Waals surface area (Å²) in [7, 11) is 0. The van der Waals surface area contributed by atoms with Gasteiger partial charge in [0, 0.05) is 0 Å². The van der Waals surface area contributed by atoms with Gasteiger partial charge in [-0.15, -0.1) is 0 Å². The molecule has 17 heavy (non-hydrogen) atoms.